The number of halogens is 6. The van der Waals surface area contributed by atoms with E-state index in [9.17, 15) is 26.3 Å². The summed E-state index contributed by atoms with van der Waals surface area (Å²) in [4.78, 5) is 0. The van der Waals surface area contributed by atoms with Crippen molar-refractivity contribution < 1.29 is 41.3 Å². The van der Waals surface area contributed by atoms with Gasteiger partial charge in [-0.15, -0.1) is 0 Å². The van der Waals surface area contributed by atoms with Crippen LogP contribution in [0.5, 0.6) is 0 Å². The molecular formula is C5H2Cf2F6O3. The third-order valence-electron chi connectivity index (χ3n) is 0.562. The molecule has 0 aromatic heterocycles. The molecule has 0 fully saturated rings. The standard InChI is InChI=1S/C3H2F2O3.2CF2.2Cf/c4-2(5)1-8-3(6)7;2*2-1-3;;/h1,3H;;;;/q-2;;;2*+1. The van der Waals surface area contributed by atoms with Crippen LogP contribution in [0.25, 0.3) is 0 Å². The number of hydrogen-bond acceptors (Lipinski definition) is 3. The van der Waals surface area contributed by atoms with Crippen LogP contribution in [0.2, 0.25) is 0 Å². The summed E-state index contributed by atoms with van der Waals surface area (Å²) in [5.41, 5.74) is 0. The molecule has 16 heavy (non-hydrogen) atoms. The summed E-state index contributed by atoms with van der Waals surface area (Å²) in [6, 6.07) is 0. The Morgan fingerprint density at radius 2 is 1.31 bits per heavy atom. The van der Waals surface area contributed by atoms with E-state index in [1.807, 2.05) is 0 Å². The van der Waals surface area contributed by atoms with Crippen molar-refractivity contribution in [3.8, 4) is 0 Å². The predicted octanol–water partition coefficient (Wildman–Crippen LogP) is 2.11. The van der Waals surface area contributed by atoms with Gasteiger partial charge in [0.2, 0.25) is 0 Å². The van der Waals surface area contributed by atoms with Gasteiger partial charge in [0.15, 0.2) is 0 Å². The molecule has 0 heterocycles. The molecule has 102 valence electrons. The van der Waals surface area contributed by atoms with E-state index >= 15 is 0 Å². The molecule has 0 aliphatic rings. The topological polar surface area (TPSA) is 27.7 Å². The molecule has 0 amide bonds. The summed E-state index contributed by atoms with van der Waals surface area (Å²) < 4.78 is 68.6. The molecule has 0 aliphatic carbocycles. The first-order valence-electron chi connectivity index (χ1n) is 2.94. The summed E-state index contributed by atoms with van der Waals surface area (Å²) >= 11 is 0. The molecule has 0 atom stereocenters. The molecule has 3 nitrogen and oxygen atoms in total. The Morgan fingerprint density at radius 1 is 0.875 bits per heavy atom. The third kappa shape index (κ3) is 7.43. The van der Waals surface area contributed by atoms with Crippen LogP contribution in [0.3, 0.4) is 0 Å². The Kier molecular flexibility index (Phi) is 5.01. The summed E-state index contributed by atoms with van der Waals surface area (Å²) in [5, 5.41) is 8.47. The van der Waals surface area contributed by atoms with Crippen LogP contribution < -0.4 is 0 Å². The van der Waals surface area contributed by atoms with E-state index in [0.717, 1.165) is 0 Å². The van der Waals surface area contributed by atoms with Crippen LogP contribution in [0, 0.1) is 0 Å². The van der Waals surface area contributed by atoms with Gasteiger partial charge >= 0.3 is 74.0 Å². The first kappa shape index (κ1) is 12.8. The normalized spacial score (nSPS) is 9.19. The van der Waals surface area contributed by atoms with Crippen molar-refractivity contribution in [2.75, 3.05) is 0 Å². The zero-order chi connectivity index (χ0) is 12.6. The fourth-order valence-electron chi connectivity index (χ4n) is 0.269. The number of hydrogen-bond donors (Lipinski definition) is 0. The third-order valence-corrected chi connectivity index (χ3v) is 3.01. The molecule has 0 saturated heterocycles. The van der Waals surface area contributed by atoms with Gasteiger partial charge in [-0.1, -0.05) is 0 Å². The predicted molar refractivity (Wildman–Crippen MR) is 31.8 cm³/mol. The molecule has 0 unspecified atom stereocenters. The maximum atomic E-state index is 11.6. The van der Waals surface area contributed by atoms with Crippen LogP contribution in [-0.4, -0.2) is 20.3 Å². The van der Waals surface area contributed by atoms with Gasteiger partial charge in [-0.05, 0) is 0 Å². The zero-order valence-corrected chi connectivity index (χ0v) is 12.0. The van der Waals surface area contributed by atoms with Gasteiger partial charge < -0.3 is 0 Å². The minimum absolute atomic E-state index is 0.122. The van der Waals surface area contributed by atoms with Crippen molar-refractivity contribution in [1.82, 2.24) is 0 Å². The van der Waals surface area contributed by atoms with Crippen molar-refractivity contribution >= 4 is 13.9 Å². The zero-order valence-electron chi connectivity index (χ0n) is 6.78. The molecule has 11 heteroatoms. The molecule has 0 saturated carbocycles. The van der Waals surface area contributed by atoms with Gasteiger partial charge in [-0.25, -0.2) is 0 Å². The number of ether oxygens (including phenoxy) is 1. The van der Waals surface area contributed by atoms with Crippen molar-refractivity contribution in [2.45, 2.75) is 6.48 Å². The van der Waals surface area contributed by atoms with E-state index in [-0.39, 0.29) is 6.26 Å². The SMILES string of the molecule is FC(F)=COC([O][Cf]=[C](F)F)[O][Cf]=[C](F)F. The molecule has 0 aromatic carbocycles. The molecule has 0 aromatic rings. The second-order valence-electron chi connectivity index (χ2n) is 1.49. The molecule has 0 radical (unpaired) electrons. The van der Waals surface area contributed by atoms with Crippen molar-refractivity contribution in [3.63, 3.8) is 0 Å². The van der Waals surface area contributed by atoms with E-state index in [2.05, 4.69) is 14.9 Å². The van der Waals surface area contributed by atoms with Crippen molar-refractivity contribution in [3.05, 3.63) is 12.3 Å². The summed E-state index contributed by atoms with van der Waals surface area (Å²) in [5.74, 6) is 0. The van der Waals surface area contributed by atoms with Crippen LogP contribution >= 0.6 is 0 Å². The van der Waals surface area contributed by atoms with Crippen LogP contribution in [-0.2, 0) is 14.9 Å². The fourth-order valence-corrected chi connectivity index (χ4v) is 2.37. The van der Waals surface area contributed by atoms with Gasteiger partial charge in [0.1, 0.15) is 0 Å². The average molecular weight is 726 g/mol. The number of rotatable bonds is 6. The fraction of sp³-hybridized carbons (Fsp3) is 0.200. The molecule has 0 bridgehead atoms. The second-order valence-corrected chi connectivity index (χ2v) is 5.80. The van der Waals surface area contributed by atoms with E-state index in [1.165, 1.54) is 0 Å². The van der Waals surface area contributed by atoms with E-state index < -0.39 is 26.4 Å². The summed E-state index contributed by atoms with van der Waals surface area (Å²) in [6.07, 6.45) is -2.39. The average Bonchev–Trinajstić information content (AvgIpc) is 2.15. The van der Waals surface area contributed by atoms with Crippen LogP contribution in [0.1, 0.15) is 0 Å². The molecule has 0 aliphatic heterocycles. The molecular weight excluding hydrogens is 724 g/mol. The van der Waals surface area contributed by atoms with Crippen LogP contribution in [0.15, 0.2) is 12.3 Å². The molecule has 0 spiro atoms. The van der Waals surface area contributed by atoms with E-state index in [0.29, 0.717) is 0 Å². The minimum atomic E-state index is -2.54. The first-order valence-corrected chi connectivity index (χ1v) is 7.72. The van der Waals surface area contributed by atoms with Gasteiger partial charge in [0.25, 0.3) is 0 Å². The quantitative estimate of drug-likeness (QED) is 0.239. The Bertz CT molecular complexity index is 247. The second kappa shape index (κ2) is 6.27. The van der Waals surface area contributed by atoms with Gasteiger partial charge in [-0.2, -0.15) is 0 Å². The Balaban J connectivity index is 4.33. The van der Waals surface area contributed by atoms with Crippen molar-refractivity contribution in [2.24, 2.45) is 0 Å². The summed E-state index contributed by atoms with van der Waals surface area (Å²) in [7, 11) is 0. The first-order chi connectivity index (χ1) is 7.41. The maximum absolute atomic E-state index is 11.6. The Morgan fingerprint density at radius 3 is 1.62 bits per heavy atom. The van der Waals surface area contributed by atoms with E-state index in [1.54, 1.807) is 0 Å². The van der Waals surface area contributed by atoms with Gasteiger partial charge in [-0.3, -0.25) is 0 Å². The van der Waals surface area contributed by atoms with E-state index in [4.69, 9.17) is 0 Å². The van der Waals surface area contributed by atoms with Gasteiger partial charge in [0.05, 0.1) is 0 Å². The molecule has 0 rings (SSSR count). The monoisotopic (exact) mass is 722 g/mol. The van der Waals surface area contributed by atoms with Gasteiger partial charge in [0, 0.05) is 0 Å². The van der Waals surface area contributed by atoms with Crippen molar-refractivity contribution in [1.29, 1.82) is 0 Å². The van der Waals surface area contributed by atoms with Crippen LogP contribution in [0.4, 0.5) is 26.3 Å². The molecule has 0 N–H and O–H groups in total. The Hall–Kier alpha value is -3.22. The summed E-state index contributed by atoms with van der Waals surface area (Å²) in [6.45, 7) is -5.98. The Labute approximate surface area is 75.2 Å².